The summed E-state index contributed by atoms with van der Waals surface area (Å²) in [6, 6.07) is 3.59. The van der Waals surface area contributed by atoms with Crippen LogP contribution in [0, 0.1) is 11.8 Å². The normalized spacial score (nSPS) is 22.7. The quantitative estimate of drug-likeness (QED) is 0.861. The highest BCUT2D eigenvalue weighted by atomic mass is 16.2. The lowest BCUT2D eigenvalue weighted by atomic mass is 10.2. The highest BCUT2D eigenvalue weighted by molar-refractivity contribution is 5.94. The van der Waals surface area contributed by atoms with Crippen LogP contribution in [-0.4, -0.2) is 58.9 Å². The van der Waals surface area contributed by atoms with Gasteiger partial charge in [-0.15, -0.1) is 0 Å². The molecule has 2 heterocycles. The summed E-state index contributed by atoms with van der Waals surface area (Å²) in [5.74, 6) is 1.43. The molecule has 0 aromatic carbocycles. The number of nitrogens with one attached hydrogen (secondary N) is 1. The van der Waals surface area contributed by atoms with E-state index in [2.05, 4.69) is 10.3 Å². The van der Waals surface area contributed by atoms with Gasteiger partial charge in [-0.1, -0.05) is 0 Å². The molecule has 3 aliphatic rings. The van der Waals surface area contributed by atoms with Gasteiger partial charge in [0.05, 0.1) is 0 Å². The molecule has 1 saturated heterocycles. The summed E-state index contributed by atoms with van der Waals surface area (Å²) in [4.78, 5) is 33.0. The van der Waals surface area contributed by atoms with Gasteiger partial charge in [-0.05, 0) is 56.1 Å². The van der Waals surface area contributed by atoms with Crippen molar-refractivity contribution in [3.05, 3.63) is 30.1 Å². The Bertz CT molecular complexity index is 614. The Morgan fingerprint density at radius 2 is 1.72 bits per heavy atom. The standard InChI is InChI=1S/C19H26N4O2/c24-18(16-5-8-20-9-6-16)22-10-7-17(13-22)21-19(25)23(11-14-1-2-14)12-15-3-4-15/h5-6,8-9,14-15,17H,1-4,7,10-13H2,(H,21,25)/t17-/m1/s1. The van der Waals surface area contributed by atoms with E-state index in [-0.39, 0.29) is 18.0 Å². The summed E-state index contributed by atoms with van der Waals surface area (Å²) in [5.41, 5.74) is 0.658. The van der Waals surface area contributed by atoms with Crippen LogP contribution in [-0.2, 0) is 0 Å². The Morgan fingerprint density at radius 3 is 2.32 bits per heavy atom. The second-order valence-electron chi connectivity index (χ2n) is 7.71. The Balaban J connectivity index is 1.30. The molecule has 0 bridgehead atoms. The monoisotopic (exact) mass is 342 g/mol. The molecule has 1 aromatic heterocycles. The highest BCUT2D eigenvalue weighted by Gasteiger charge is 2.34. The number of carbonyl (C=O) groups is 2. The molecule has 25 heavy (non-hydrogen) atoms. The fraction of sp³-hybridized carbons (Fsp3) is 0.632. The van der Waals surface area contributed by atoms with Crippen LogP contribution < -0.4 is 5.32 Å². The molecule has 2 aliphatic carbocycles. The van der Waals surface area contributed by atoms with Gasteiger partial charge in [-0.3, -0.25) is 9.78 Å². The van der Waals surface area contributed by atoms with E-state index in [0.29, 0.717) is 30.5 Å². The number of hydrogen-bond donors (Lipinski definition) is 1. The molecule has 0 radical (unpaired) electrons. The lowest BCUT2D eigenvalue weighted by molar-refractivity contribution is 0.0788. The first-order valence-corrected chi connectivity index (χ1v) is 9.44. The van der Waals surface area contributed by atoms with E-state index >= 15 is 0 Å². The molecule has 2 saturated carbocycles. The van der Waals surface area contributed by atoms with Crippen molar-refractivity contribution in [2.75, 3.05) is 26.2 Å². The molecule has 1 atom stereocenters. The van der Waals surface area contributed by atoms with Crippen LogP contribution in [0.4, 0.5) is 4.79 Å². The molecule has 134 valence electrons. The van der Waals surface area contributed by atoms with Gasteiger partial charge >= 0.3 is 6.03 Å². The van der Waals surface area contributed by atoms with Crippen LogP contribution in [0.5, 0.6) is 0 Å². The first-order valence-electron chi connectivity index (χ1n) is 9.44. The number of nitrogens with zero attached hydrogens (tertiary/aromatic N) is 3. The smallest absolute Gasteiger partial charge is 0.317 e. The molecule has 1 aromatic rings. The number of carbonyl (C=O) groups excluding carboxylic acids is 2. The average Bonchev–Trinajstić information content (AvgIpc) is 3.56. The second-order valence-corrected chi connectivity index (χ2v) is 7.71. The second kappa shape index (κ2) is 7.02. The van der Waals surface area contributed by atoms with Crippen molar-refractivity contribution in [3.63, 3.8) is 0 Å². The van der Waals surface area contributed by atoms with Crippen LogP contribution in [0.25, 0.3) is 0 Å². The zero-order valence-corrected chi connectivity index (χ0v) is 14.6. The molecule has 0 unspecified atom stereocenters. The van der Waals surface area contributed by atoms with Crippen LogP contribution >= 0.6 is 0 Å². The summed E-state index contributed by atoms with van der Waals surface area (Å²) in [6.45, 7) is 3.08. The lowest BCUT2D eigenvalue weighted by Crippen LogP contribution is -2.47. The van der Waals surface area contributed by atoms with Crippen molar-refractivity contribution in [2.24, 2.45) is 11.8 Å². The number of hydrogen-bond acceptors (Lipinski definition) is 3. The van der Waals surface area contributed by atoms with E-state index in [0.717, 1.165) is 19.5 Å². The predicted octanol–water partition coefficient (Wildman–Crippen LogP) is 2.13. The van der Waals surface area contributed by atoms with Crippen molar-refractivity contribution < 1.29 is 9.59 Å². The molecule has 6 heteroatoms. The summed E-state index contributed by atoms with van der Waals surface area (Å²) >= 11 is 0. The average molecular weight is 342 g/mol. The molecule has 0 spiro atoms. The van der Waals surface area contributed by atoms with Gasteiger partial charge in [-0.25, -0.2) is 4.79 Å². The summed E-state index contributed by atoms with van der Waals surface area (Å²) in [6.07, 6.45) is 9.12. The predicted molar refractivity (Wildman–Crippen MR) is 94.1 cm³/mol. The molecular weight excluding hydrogens is 316 g/mol. The van der Waals surface area contributed by atoms with E-state index in [9.17, 15) is 9.59 Å². The number of urea groups is 1. The molecule has 1 N–H and O–H groups in total. The van der Waals surface area contributed by atoms with Crippen LogP contribution in [0.1, 0.15) is 42.5 Å². The third-order valence-corrected chi connectivity index (χ3v) is 5.37. The number of pyridine rings is 1. The maximum atomic E-state index is 12.7. The van der Waals surface area contributed by atoms with Gasteiger partial charge in [-0.2, -0.15) is 0 Å². The maximum Gasteiger partial charge on any atom is 0.317 e. The zero-order chi connectivity index (χ0) is 17.2. The fourth-order valence-corrected chi connectivity index (χ4v) is 3.47. The summed E-state index contributed by atoms with van der Waals surface area (Å²) in [7, 11) is 0. The van der Waals surface area contributed by atoms with E-state index in [1.165, 1.54) is 25.7 Å². The molecule has 3 fully saturated rings. The molecule has 3 amide bonds. The van der Waals surface area contributed by atoms with Crippen LogP contribution in [0.15, 0.2) is 24.5 Å². The maximum absolute atomic E-state index is 12.7. The van der Waals surface area contributed by atoms with Gasteiger partial charge in [0.2, 0.25) is 0 Å². The molecule has 1 aliphatic heterocycles. The first-order chi connectivity index (χ1) is 12.2. The van der Waals surface area contributed by atoms with Crippen molar-refractivity contribution >= 4 is 11.9 Å². The van der Waals surface area contributed by atoms with Gasteiger partial charge < -0.3 is 15.1 Å². The molecule has 4 rings (SSSR count). The first kappa shape index (κ1) is 16.4. The largest absolute Gasteiger partial charge is 0.337 e. The topological polar surface area (TPSA) is 65.5 Å². The Morgan fingerprint density at radius 1 is 1.08 bits per heavy atom. The highest BCUT2D eigenvalue weighted by Crippen LogP contribution is 2.33. The minimum Gasteiger partial charge on any atom is -0.337 e. The number of aromatic nitrogens is 1. The van der Waals surface area contributed by atoms with Crippen molar-refractivity contribution in [3.8, 4) is 0 Å². The molecule has 6 nitrogen and oxygen atoms in total. The van der Waals surface area contributed by atoms with Gasteiger partial charge in [0.15, 0.2) is 0 Å². The third-order valence-electron chi connectivity index (χ3n) is 5.37. The lowest BCUT2D eigenvalue weighted by Gasteiger charge is -2.25. The van der Waals surface area contributed by atoms with Gasteiger partial charge in [0.25, 0.3) is 5.91 Å². The summed E-state index contributed by atoms with van der Waals surface area (Å²) in [5, 5.41) is 3.16. The summed E-state index contributed by atoms with van der Waals surface area (Å²) < 4.78 is 0. The number of likely N-dealkylation sites (tertiary alicyclic amines) is 1. The van der Waals surface area contributed by atoms with E-state index in [1.807, 2.05) is 9.80 Å². The van der Waals surface area contributed by atoms with Crippen molar-refractivity contribution in [1.29, 1.82) is 0 Å². The molecular formula is C19H26N4O2. The van der Waals surface area contributed by atoms with Gasteiger partial charge in [0.1, 0.15) is 0 Å². The Hall–Kier alpha value is -2.11. The van der Waals surface area contributed by atoms with Crippen LogP contribution in [0.2, 0.25) is 0 Å². The number of rotatable bonds is 6. The van der Waals surface area contributed by atoms with E-state index in [4.69, 9.17) is 0 Å². The number of amides is 3. The zero-order valence-electron chi connectivity index (χ0n) is 14.6. The minimum absolute atomic E-state index is 0.0203. The SMILES string of the molecule is O=C(N[C@@H]1CCN(C(=O)c2ccncc2)C1)N(CC1CC1)CC1CC1. The minimum atomic E-state index is 0.0203. The Labute approximate surface area is 148 Å². The fourth-order valence-electron chi connectivity index (χ4n) is 3.47. The van der Waals surface area contributed by atoms with Gasteiger partial charge in [0, 0.05) is 50.2 Å². The Kier molecular flexibility index (Phi) is 4.59. The van der Waals surface area contributed by atoms with Crippen molar-refractivity contribution in [2.45, 2.75) is 38.1 Å². The van der Waals surface area contributed by atoms with E-state index in [1.54, 1.807) is 24.5 Å². The van der Waals surface area contributed by atoms with Crippen LogP contribution in [0.3, 0.4) is 0 Å². The van der Waals surface area contributed by atoms with E-state index < -0.39 is 0 Å². The van der Waals surface area contributed by atoms with Crippen molar-refractivity contribution in [1.82, 2.24) is 20.1 Å². The third kappa shape index (κ3) is 4.30.